The van der Waals surface area contributed by atoms with Gasteiger partial charge in [0.2, 0.25) is 11.8 Å². The Morgan fingerprint density at radius 3 is 2.56 bits per heavy atom. The molecular formula is C32H45N5O4. The molecule has 3 heterocycles. The number of rotatable bonds is 9. The van der Waals surface area contributed by atoms with Gasteiger partial charge in [0.05, 0.1) is 6.54 Å². The number of nitrogens with one attached hydrogen (secondary N) is 3. The molecule has 4 aliphatic carbocycles. The van der Waals surface area contributed by atoms with E-state index in [4.69, 9.17) is 4.74 Å². The van der Waals surface area contributed by atoms with Crippen LogP contribution in [0.4, 0.5) is 0 Å². The molecule has 4 bridgehead atoms. The minimum absolute atomic E-state index is 0.169. The summed E-state index contributed by atoms with van der Waals surface area (Å²) in [5.74, 6) is 3.54. The molecule has 0 aromatic heterocycles. The number of ether oxygens (including phenoxy) is 1. The van der Waals surface area contributed by atoms with E-state index in [1.54, 1.807) is 11.0 Å². The molecule has 222 valence electrons. The van der Waals surface area contributed by atoms with Crippen molar-refractivity contribution in [3.8, 4) is 5.75 Å². The van der Waals surface area contributed by atoms with Crippen LogP contribution in [-0.2, 0) is 16.1 Å². The first-order valence-corrected chi connectivity index (χ1v) is 16.1. The Morgan fingerprint density at radius 1 is 1.02 bits per heavy atom. The van der Waals surface area contributed by atoms with Gasteiger partial charge in [-0.1, -0.05) is 6.07 Å². The number of fused-ring (bicyclic) bond motifs is 1. The molecule has 41 heavy (non-hydrogen) atoms. The molecule has 2 atom stereocenters. The first-order chi connectivity index (χ1) is 19.9. The highest BCUT2D eigenvalue weighted by molar-refractivity contribution is 6.05. The minimum atomic E-state index is -0.614. The van der Waals surface area contributed by atoms with Gasteiger partial charge >= 0.3 is 0 Å². The predicted octanol–water partition coefficient (Wildman–Crippen LogP) is 2.99. The summed E-state index contributed by atoms with van der Waals surface area (Å²) in [6.45, 7) is 4.80. The van der Waals surface area contributed by atoms with Gasteiger partial charge in [-0.2, -0.15) is 0 Å². The number of amides is 3. The summed E-state index contributed by atoms with van der Waals surface area (Å²) in [6.07, 6.45) is 13.1. The predicted molar refractivity (Wildman–Crippen MR) is 154 cm³/mol. The minimum Gasteiger partial charge on any atom is -0.492 e. The number of hydrogen-bond donors (Lipinski definition) is 3. The zero-order chi connectivity index (χ0) is 28.0. The van der Waals surface area contributed by atoms with E-state index in [9.17, 15) is 14.4 Å². The molecule has 2 unspecified atom stereocenters. The lowest BCUT2D eigenvalue weighted by Crippen LogP contribution is -2.58. The number of carbonyl (C=O) groups excluding carboxylic acids is 3. The van der Waals surface area contributed by atoms with Crippen molar-refractivity contribution in [3.63, 3.8) is 0 Å². The quantitative estimate of drug-likeness (QED) is 0.397. The van der Waals surface area contributed by atoms with Crippen LogP contribution in [0.2, 0.25) is 0 Å². The topological polar surface area (TPSA) is 103 Å². The average Bonchev–Trinajstić information content (AvgIpc) is 3.10. The number of imide groups is 1. The molecule has 3 aliphatic heterocycles. The molecule has 1 aromatic rings. The van der Waals surface area contributed by atoms with Crippen molar-refractivity contribution in [3.05, 3.63) is 29.3 Å². The summed E-state index contributed by atoms with van der Waals surface area (Å²) < 4.78 is 6.20. The Kier molecular flexibility index (Phi) is 7.54. The Balaban J connectivity index is 0.864. The second-order valence-electron chi connectivity index (χ2n) is 13.8. The molecule has 2 saturated heterocycles. The van der Waals surface area contributed by atoms with Crippen LogP contribution in [0.15, 0.2) is 18.2 Å². The lowest BCUT2D eigenvalue weighted by atomic mass is 9.53. The summed E-state index contributed by atoms with van der Waals surface area (Å²) in [4.78, 5) is 38.6. The highest BCUT2D eigenvalue weighted by atomic mass is 16.5. The van der Waals surface area contributed by atoms with Crippen molar-refractivity contribution in [2.75, 3.05) is 32.8 Å². The largest absolute Gasteiger partial charge is 0.492 e. The van der Waals surface area contributed by atoms with E-state index in [-0.39, 0.29) is 24.1 Å². The molecule has 3 N–H and O–H groups in total. The lowest BCUT2D eigenvalue weighted by Gasteiger charge is -2.57. The van der Waals surface area contributed by atoms with Gasteiger partial charge < -0.3 is 15.0 Å². The Bertz CT molecular complexity index is 1150. The fraction of sp³-hybridized carbons (Fsp3) is 0.719. The summed E-state index contributed by atoms with van der Waals surface area (Å²) in [5.41, 5.74) is 5.55. The number of benzene rings is 1. The van der Waals surface area contributed by atoms with Crippen molar-refractivity contribution in [1.29, 1.82) is 0 Å². The van der Waals surface area contributed by atoms with Crippen molar-refractivity contribution >= 4 is 17.7 Å². The van der Waals surface area contributed by atoms with Crippen LogP contribution in [0.5, 0.6) is 5.75 Å². The highest BCUT2D eigenvalue weighted by Gasteiger charge is 2.50. The first-order valence-electron chi connectivity index (χ1n) is 16.1. The van der Waals surface area contributed by atoms with Crippen LogP contribution in [-0.4, -0.2) is 72.0 Å². The molecule has 0 spiro atoms. The Hall–Kier alpha value is -2.49. The van der Waals surface area contributed by atoms with Gasteiger partial charge in [-0.05, 0) is 107 Å². The van der Waals surface area contributed by atoms with Crippen LogP contribution >= 0.6 is 0 Å². The van der Waals surface area contributed by atoms with E-state index in [0.717, 1.165) is 49.5 Å². The van der Waals surface area contributed by atoms with E-state index in [2.05, 4.69) is 21.1 Å². The third-order valence-corrected chi connectivity index (χ3v) is 10.9. The second-order valence-corrected chi connectivity index (χ2v) is 13.8. The summed E-state index contributed by atoms with van der Waals surface area (Å²) >= 11 is 0. The lowest BCUT2D eigenvalue weighted by molar-refractivity contribution is -0.136. The van der Waals surface area contributed by atoms with Crippen molar-refractivity contribution < 1.29 is 19.1 Å². The molecule has 0 radical (unpaired) electrons. The van der Waals surface area contributed by atoms with Gasteiger partial charge in [0.25, 0.3) is 5.91 Å². The van der Waals surface area contributed by atoms with Crippen molar-refractivity contribution in [2.45, 2.75) is 88.8 Å². The van der Waals surface area contributed by atoms with Crippen LogP contribution in [0, 0.1) is 23.7 Å². The zero-order valence-corrected chi connectivity index (χ0v) is 24.2. The monoisotopic (exact) mass is 563 g/mol. The number of hydrogen-bond acceptors (Lipinski definition) is 7. The van der Waals surface area contributed by atoms with Gasteiger partial charge in [0.15, 0.2) is 0 Å². The smallest absolute Gasteiger partial charge is 0.255 e. The molecule has 9 nitrogen and oxygen atoms in total. The maximum Gasteiger partial charge on any atom is 0.255 e. The Labute approximate surface area is 243 Å². The maximum atomic E-state index is 13.1. The normalized spacial score (nSPS) is 35.0. The van der Waals surface area contributed by atoms with Gasteiger partial charge in [0.1, 0.15) is 18.4 Å². The molecule has 4 saturated carbocycles. The molecule has 7 aliphatic rings. The fourth-order valence-corrected chi connectivity index (χ4v) is 9.27. The van der Waals surface area contributed by atoms with Crippen molar-refractivity contribution in [2.24, 2.45) is 23.7 Å². The number of carbonyl (C=O) groups is 3. The molecule has 8 rings (SSSR count). The van der Waals surface area contributed by atoms with E-state index in [1.807, 2.05) is 12.1 Å². The SMILES string of the molecule is O=C1CCC(N2Cc3c(OCCN4CCCC(CCNC56CC7CC(CC(C7)C5)C6)CN4)cccc3C2=O)C(=O)N1. The summed E-state index contributed by atoms with van der Waals surface area (Å²) in [6, 6.07) is 4.93. The van der Waals surface area contributed by atoms with E-state index < -0.39 is 6.04 Å². The maximum absolute atomic E-state index is 13.1. The average molecular weight is 564 g/mol. The van der Waals surface area contributed by atoms with Crippen LogP contribution in [0.25, 0.3) is 0 Å². The highest BCUT2D eigenvalue weighted by Crippen LogP contribution is 2.55. The van der Waals surface area contributed by atoms with Crippen LogP contribution in [0.3, 0.4) is 0 Å². The van der Waals surface area contributed by atoms with Gasteiger partial charge in [-0.3, -0.25) is 25.1 Å². The third-order valence-electron chi connectivity index (χ3n) is 10.9. The van der Waals surface area contributed by atoms with E-state index >= 15 is 0 Å². The van der Waals surface area contributed by atoms with E-state index in [0.29, 0.717) is 42.3 Å². The molecule has 1 aromatic carbocycles. The van der Waals surface area contributed by atoms with Crippen molar-refractivity contribution in [1.82, 2.24) is 26.0 Å². The molecule has 3 amide bonds. The first kappa shape index (κ1) is 27.3. The van der Waals surface area contributed by atoms with Gasteiger partial charge in [-0.15, -0.1) is 0 Å². The summed E-state index contributed by atoms with van der Waals surface area (Å²) in [7, 11) is 0. The zero-order valence-electron chi connectivity index (χ0n) is 24.2. The number of nitrogens with zero attached hydrogens (tertiary/aromatic N) is 2. The molecular weight excluding hydrogens is 518 g/mol. The fourth-order valence-electron chi connectivity index (χ4n) is 9.27. The van der Waals surface area contributed by atoms with Crippen LogP contribution in [0.1, 0.15) is 86.6 Å². The van der Waals surface area contributed by atoms with E-state index in [1.165, 1.54) is 57.8 Å². The van der Waals surface area contributed by atoms with Gasteiger partial charge in [-0.25, -0.2) is 5.01 Å². The molecule has 9 heteroatoms. The van der Waals surface area contributed by atoms with Crippen LogP contribution < -0.4 is 20.8 Å². The number of hydrazine groups is 1. The third kappa shape index (κ3) is 5.65. The van der Waals surface area contributed by atoms with Gasteiger partial charge in [0, 0.05) is 42.7 Å². The summed E-state index contributed by atoms with van der Waals surface area (Å²) in [5, 5.41) is 8.74. The number of piperidine rings is 1. The standard InChI is InChI=1S/C32H45N5O4/c38-29-7-6-27(30(39)35-29)37-20-26-25(31(37)40)4-1-5-28(26)41-12-11-36-10-2-3-21(19-34-36)8-9-33-32-16-22-13-23(17-32)15-24(14-22)18-32/h1,4-5,21-24,27,33-34H,2-3,6-20H2,(H,35,38,39). The second kappa shape index (κ2) is 11.3. The molecule has 6 fully saturated rings. The Morgan fingerprint density at radius 2 is 1.80 bits per heavy atom.